The fourth-order valence-corrected chi connectivity index (χ4v) is 1.74. The average Bonchev–Trinajstić information content (AvgIpc) is 2.35. The zero-order valence-electron chi connectivity index (χ0n) is 12.0. The summed E-state index contributed by atoms with van der Waals surface area (Å²) in [5, 5.41) is 7.43. The van der Waals surface area contributed by atoms with Crippen molar-refractivity contribution in [2.45, 2.75) is 33.6 Å². The predicted octanol–water partition coefficient (Wildman–Crippen LogP) is 3.18. The van der Waals surface area contributed by atoms with Gasteiger partial charge in [0.2, 0.25) is 0 Å². The first-order valence-corrected chi connectivity index (χ1v) is 6.78. The lowest BCUT2D eigenvalue weighted by Gasteiger charge is -2.13. The summed E-state index contributed by atoms with van der Waals surface area (Å²) in [6.07, 6.45) is 2.17. The highest BCUT2D eigenvalue weighted by Crippen LogP contribution is 2.28. The van der Waals surface area contributed by atoms with Gasteiger partial charge in [-0.25, -0.2) is 0 Å². The Hall–Kier alpha value is -1.71. The van der Waals surface area contributed by atoms with Crippen LogP contribution in [0.4, 0.5) is 0 Å². The number of nitrogens with one attached hydrogen (secondary N) is 1. The van der Waals surface area contributed by atoms with Crippen LogP contribution in [-0.4, -0.2) is 19.0 Å². The zero-order valence-corrected chi connectivity index (χ0v) is 12.0. The van der Waals surface area contributed by atoms with Crippen molar-refractivity contribution in [3.05, 3.63) is 23.8 Å². The summed E-state index contributed by atoms with van der Waals surface area (Å²) in [6.45, 7) is 7.56. The Morgan fingerprint density at radius 2 is 2.00 bits per heavy atom. The van der Waals surface area contributed by atoms with E-state index >= 15 is 0 Å². The molecule has 19 heavy (non-hydrogen) atoms. The molecule has 0 aliphatic carbocycles. The van der Waals surface area contributed by atoms with Gasteiger partial charge in [-0.15, -0.1) is 0 Å². The first-order valence-electron chi connectivity index (χ1n) is 6.78. The van der Waals surface area contributed by atoms with Crippen molar-refractivity contribution < 1.29 is 9.47 Å². The summed E-state index contributed by atoms with van der Waals surface area (Å²) in [5.41, 5.74) is 6.12. The zero-order chi connectivity index (χ0) is 14.3. The molecular weight excluding hydrogens is 240 g/mol. The lowest BCUT2D eigenvalue weighted by Crippen LogP contribution is -2.11. The van der Waals surface area contributed by atoms with Crippen LogP contribution >= 0.6 is 0 Å². The molecule has 1 aromatic carbocycles. The van der Waals surface area contributed by atoms with Gasteiger partial charge in [0.25, 0.3) is 0 Å². The van der Waals surface area contributed by atoms with Crippen molar-refractivity contribution in [1.29, 1.82) is 5.41 Å². The second kappa shape index (κ2) is 7.67. The third-order valence-electron chi connectivity index (χ3n) is 2.74. The lowest BCUT2D eigenvalue weighted by atomic mass is 10.1. The maximum atomic E-state index is 7.43. The smallest absolute Gasteiger partial charge is 0.161 e. The first-order chi connectivity index (χ1) is 9.04. The molecule has 0 amide bonds. The van der Waals surface area contributed by atoms with E-state index in [-0.39, 0.29) is 5.84 Å². The predicted molar refractivity (Wildman–Crippen MR) is 78.2 cm³/mol. The third kappa shape index (κ3) is 5.20. The number of rotatable bonds is 8. The van der Waals surface area contributed by atoms with Crippen molar-refractivity contribution in [3.63, 3.8) is 0 Å². The Bertz CT molecular complexity index is 417. The van der Waals surface area contributed by atoms with Crippen LogP contribution in [0.1, 0.15) is 39.2 Å². The van der Waals surface area contributed by atoms with Gasteiger partial charge in [0.05, 0.1) is 13.2 Å². The number of benzene rings is 1. The summed E-state index contributed by atoms with van der Waals surface area (Å²) in [5.74, 6) is 2.10. The molecule has 0 saturated heterocycles. The topological polar surface area (TPSA) is 68.3 Å². The molecule has 0 aromatic heterocycles. The number of ether oxygens (including phenoxy) is 2. The minimum atomic E-state index is 0.0345. The van der Waals surface area contributed by atoms with Gasteiger partial charge in [0, 0.05) is 5.56 Å². The number of amidine groups is 1. The van der Waals surface area contributed by atoms with E-state index < -0.39 is 0 Å². The van der Waals surface area contributed by atoms with E-state index in [0.717, 1.165) is 18.6 Å². The largest absolute Gasteiger partial charge is 0.490 e. The second-order valence-corrected chi connectivity index (χ2v) is 4.89. The minimum absolute atomic E-state index is 0.0345. The van der Waals surface area contributed by atoms with Crippen molar-refractivity contribution in [2.75, 3.05) is 13.2 Å². The molecule has 0 unspecified atom stereocenters. The SMILES string of the molecule is CCOc1cc(C(=N)N)ccc1OCCCC(C)C. The van der Waals surface area contributed by atoms with Gasteiger partial charge >= 0.3 is 0 Å². The van der Waals surface area contributed by atoms with Crippen LogP contribution in [-0.2, 0) is 0 Å². The highest BCUT2D eigenvalue weighted by molar-refractivity contribution is 5.95. The normalized spacial score (nSPS) is 10.5. The van der Waals surface area contributed by atoms with E-state index in [4.69, 9.17) is 20.6 Å². The van der Waals surface area contributed by atoms with Crippen LogP contribution < -0.4 is 15.2 Å². The second-order valence-electron chi connectivity index (χ2n) is 4.89. The van der Waals surface area contributed by atoms with Crippen LogP contribution in [0.3, 0.4) is 0 Å². The third-order valence-corrected chi connectivity index (χ3v) is 2.74. The molecular formula is C15H24N2O2. The molecule has 0 heterocycles. The molecule has 0 bridgehead atoms. The molecule has 0 aliphatic rings. The van der Waals surface area contributed by atoms with Crippen LogP contribution in [0, 0.1) is 11.3 Å². The van der Waals surface area contributed by atoms with Crippen LogP contribution in [0.25, 0.3) is 0 Å². The maximum Gasteiger partial charge on any atom is 0.161 e. The lowest BCUT2D eigenvalue weighted by molar-refractivity contribution is 0.267. The van der Waals surface area contributed by atoms with Gasteiger partial charge in [0.1, 0.15) is 5.84 Å². The van der Waals surface area contributed by atoms with Gasteiger partial charge in [0.15, 0.2) is 11.5 Å². The Kier molecular flexibility index (Phi) is 6.19. The highest BCUT2D eigenvalue weighted by atomic mass is 16.5. The van der Waals surface area contributed by atoms with E-state index in [9.17, 15) is 0 Å². The Labute approximate surface area is 115 Å². The number of nitrogens with two attached hydrogens (primary N) is 1. The molecule has 4 nitrogen and oxygen atoms in total. The fourth-order valence-electron chi connectivity index (χ4n) is 1.74. The molecule has 3 N–H and O–H groups in total. The van der Waals surface area contributed by atoms with Crippen molar-refractivity contribution in [2.24, 2.45) is 11.7 Å². The van der Waals surface area contributed by atoms with Gasteiger partial charge in [-0.05, 0) is 43.9 Å². The van der Waals surface area contributed by atoms with Crippen molar-refractivity contribution in [1.82, 2.24) is 0 Å². The monoisotopic (exact) mass is 264 g/mol. The molecule has 0 fully saturated rings. The Morgan fingerprint density at radius 3 is 2.58 bits per heavy atom. The van der Waals surface area contributed by atoms with E-state index in [1.165, 1.54) is 0 Å². The maximum absolute atomic E-state index is 7.43. The van der Waals surface area contributed by atoms with E-state index in [0.29, 0.717) is 30.4 Å². The van der Waals surface area contributed by atoms with E-state index in [2.05, 4.69) is 13.8 Å². The first kappa shape index (κ1) is 15.3. The summed E-state index contributed by atoms with van der Waals surface area (Å²) >= 11 is 0. The molecule has 0 aliphatic heterocycles. The van der Waals surface area contributed by atoms with Crippen LogP contribution in [0.2, 0.25) is 0 Å². The molecule has 1 rings (SSSR count). The van der Waals surface area contributed by atoms with Crippen molar-refractivity contribution >= 4 is 5.84 Å². The van der Waals surface area contributed by atoms with Gasteiger partial charge in [-0.3, -0.25) is 5.41 Å². The average molecular weight is 264 g/mol. The molecule has 1 aromatic rings. The van der Waals surface area contributed by atoms with E-state index in [1.54, 1.807) is 12.1 Å². The summed E-state index contributed by atoms with van der Waals surface area (Å²) < 4.78 is 11.3. The molecule has 0 atom stereocenters. The summed E-state index contributed by atoms with van der Waals surface area (Å²) in [7, 11) is 0. The van der Waals surface area contributed by atoms with Crippen LogP contribution in [0.5, 0.6) is 11.5 Å². The molecule has 4 heteroatoms. The quantitative estimate of drug-likeness (QED) is 0.430. The standard InChI is InChI=1S/C15H24N2O2/c1-4-18-14-10-12(15(16)17)7-8-13(14)19-9-5-6-11(2)3/h7-8,10-11H,4-6,9H2,1-3H3,(H3,16,17). The van der Waals surface area contributed by atoms with Gasteiger partial charge in [-0.1, -0.05) is 13.8 Å². The minimum Gasteiger partial charge on any atom is -0.490 e. The molecule has 0 saturated carbocycles. The van der Waals surface area contributed by atoms with Crippen LogP contribution in [0.15, 0.2) is 18.2 Å². The fraction of sp³-hybridized carbons (Fsp3) is 0.533. The number of hydrogen-bond donors (Lipinski definition) is 2. The molecule has 106 valence electrons. The summed E-state index contributed by atoms with van der Waals surface area (Å²) in [6, 6.07) is 5.35. The Morgan fingerprint density at radius 1 is 1.26 bits per heavy atom. The number of hydrogen-bond acceptors (Lipinski definition) is 3. The highest BCUT2D eigenvalue weighted by Gasteiger charge is 2.08. The molecule has 0 radical (unpaired) electrons. The number of nitrogen functional groups attached to an aromatic ring is 1. The summed E-state index contributed by atoms with van der Waals surface area (Å²) in [4.78, 5) is 0. The molecule has 0 spiro atoms. The Balaban J connectivity index is 2.68. The van der Waals surface area contributed by atoms with Gasteiger partial charge < -0.3 is 15.2 Å². The van der Waals surface area contributed by atoms with Crippen molar-refractivity contribution in [3.8, 4) is 11.5 Å². The van der Waals surface area contributed by atoms with E-state index in [1.807, 2.05) is 13.0 Å². The van der Waals surface area contributed by atoms with Gasteiger partial charge in [-0.2, -0.15) is 0 Å².